The minimum atomic E-state index is -0.0538. The van der Waals surface area contributed by atoms with Gasteiger partial charge in [-0.1, -0.05) is 36.0 Å². The van der Waals surface area contributed by atoms with Crippen LogP contribution in [0.3, 0.4) is 0 Å². The van der Waals surface area contributed by atoms with Crippen LogP contribution in [0.25, 0.3) is 5.69 Å². The van der Waals surface area contributed by atoms with E-state index in [2.05, 4.69) is 47.6 Å². The summed E-state index contributed by atoms with van der Waals surface area (Å²) in [6.07, 6.45) is 0. The van der Waals surface area contributed by atoms with Crippen molar-refractivity contribution in [2.75, 3.05) is 11.1 Å². The summed E-state index contributed by atoms with van der Waals surface area (Å²) in [5, 5.41) is 12.2. The van der Waals surface area contributed by atoms with Crippen LogP contribution in [0.5, 0.6) is 0 Å². The second-order valence-corrected chi connectivity index (χ2v) is 7.75. The first-order chi connectivity index (χ1) is 12.8. The number of hydrogen-bond acceptors (Lipinski definition) is 4. The van der Waals surface area contributed by atoms with Gasteiger partial charge in [0.25, 0.3) is 0 Å². The molecule has 1 aromatic heterocycles. The van der Waals surface area contributed by atoms with Gasteiger partial charge in [-0.05, 0) is 69.0 Å². The maximum absolute atomic E-state index is 12.4. The van der Waals surface area contributed by atoms with Crippen molar-refractivity contribution in [2.24, 2.45) is 0 Å². The van der Waals surface area contributed by atoms with Crippen molar-refractivity contribution >= 4 is 23.4 Å². The van der Waals surface area contributed by atoms with Crippen LogP contribution in [0.1, 0.15) is 28.1 Å². The lowest BCUT2D eigenvalue weighted by molar-refractivity contribution is -0.113. The van der Waals surface area contributed by atoms with Crippen molar-refractivity contribution in [2.45, 2.75) is 39.8 Å². The number of nitrogens with one attached hydrogen (secondary N) is 1. The summed E-state index contributed by atoms with van der Waals surface area (Å²) in [5.41, 5.74) is 6.39. The second kappa shape index (κ2) is 7.96. The molecular weight excluding hydrogens is 356 g/mol. The normalized spacial score (nSPS) is 10.9. The Morgan fingerprint density at radius 1 is 0.963 bits per heavy atom. The lowest BCUT2D eigenvalue weighted by atomic mass is 10.1. The molecule has 0 radical (unpaired) electrons. The molecule has 1 N–H and O–H groups in total. The third-order valence-corrected chi connectivity index (χ3v) is 5.33. The SMILES string of the molecule is Cc1ccc(C)c(NC(=O)CSc2nnc(C)n2-c2cc(C)ccc2C)c1. The van der Waals surface area contributed by atoms with Gasteiger partial charge in [-0.2, -0.15) is 0 Å². The minimum Gasteiger partial charge on any atom is -0.325 e. The largest absolute Gasteiger partial charge is 0.325 e. The molecule has 27 heavy (non-hydrogen) atoms. The highest BCUT2D eigenvalue weighted by Gasteiger charge is 2.15. The topological polar surface area (TPSA) is 59.8 Å². The van der Waals surface area contributed by atoms with E-state index in [1.807, 2.05) is 43.5 Å². The number of aryl methyl sites for hydroxylation is 5. The van der Waals surface area contributed by atoms with Gasteiger partial charge in [0.05, 0.1) is 11.4 Å². The molecule has 0 aliphatic heterocycles. The average Bonchev–Trinajstić information content (AvgIpc) is 2.99. The highest BCUT2D eigenvalue weighted by molar-refractivity contribution is 7.99. The molecule has 0 spiro atoms. The molecule has 0 saturated heterocycles. The summed E-state index contributed by atoms with van der Waals surface area (Å²) >= 11 is 1.39. The van der Waals surface area contributed by atoms with Crippen molar-refractivity contribution in [1.82, 2.24) is 14.8 Å². The van der Waals surface area contributed by atoms with Gasteiger partial charge in [0.1, 0.15) is 5.82 Å². The van der Waals surface area contributed by atoms with Crippen LogP contribution < -0.4 is 5.32 Å². The third-order valence-electron chi connectivity index (χ3n) is 4.40. The molecule has 0 aliphatic rings. The van der Waals surface area contributed by atoms with E-state index in [-0.39, 0.29) is 11.7 Å². The van der Waals surface area contributed by atoms with Crippen molar-refractivity contribution in [3.05, 3.63) is 64.5 Å². The van der Waals surface area contributed by atoms with Crippen molar-refractivity contribution in [3.8, 4) is 5.69 Å². The Morgan fingerprint density at radius 2 is 1.63 bits per heavy atom. The Labute approximate surface area is 164 Å². The fourth-order valence-electron chi connectivity index (χ4n) is 2.86. The first-order valence-electron chi connectivity index (χ1n) is 8.84. The average molecular weight is 381 g/mol. The predicted molar refractivity (Wildman–Crippen MR) is 111 cm³/mol. The molecule has 0 saturated carbocycles. The Hall–Kier alpha value is -2.60. The number of carbonyl (C=O) groups excluding carboxylic acids is 1. The number of nitrogens with zero attached hydrogens (tertiary/aromatic N) is 3. The molecule has 3 rings (SSSR count). The van der Waals surface area contributed by atoms with Crippen LogP contribution in [-0.4, -0.2) is 26.4 Å². The van der Waals surface area contributed by atoms with E-state index >= 15 is 0 Å². The van der Waals surface area contributed by atoms with Crippen LogP contribution >= 0.6 is 11.8 Å². The maximum atomic E-state index is 12.4. The van der Waals surface area contributed by atoms with E-state index in [1.165, 1.54) is 17.3 Å². The van der Waals surface area contributed by atoms with Crippen LogP contribution in [0.15, 0.2) is 41.6 Å². The van der Waals surface area contributed by atoms with Crippen LogP contribution in [0.4, 0.5) is 5.69 Å². The number of rotatable bonds is 5. The highest BCUT2D eigenvalue weighted by atomic mass is 32.2. The Balaban J connectivity index is 1.76. The molecule has 0 unspecified atom stereocenters. The number of aromatic nitrogens is 3. The van der Waals surface area contributed by atoms with Crippen molar-refractivity contribution in [3.63, 3.8) is 0 Å². The molecule has 140 valence electrons. The molecule has 1 heterocycles. The minimum absolute atomic E-state index is 0.0538. The standard InChI is InChI=1S/C21H24N4OS/c1-13-6-8-15(3)18(10-13)22-20(26)12-27-21-24-23-17(5)25(21)19-11-14(2)7-9-16(19)4/h6-11H,12H2,1-5H3,(H,22,26). The molecule has 2 aromatic carbocycles. The lowest BCUT2D eigenvalue weighted by Gasteiger charge is -2.12. The Kier molecular flexibility index (Phi) is 5.65. The van der Waals surface area contributed by atoms with Crippen LogP contribution in [-0.2, 0) is 4.79 Å². The second-order valence-electron chi connectivity index (χ2n) is 6.81. The number of carbonyl (C=O) groups is 1. The van der Waals surface area contributed by atoms with Crippen molar-refractivity contribution in [1.29, 1.82) is 0 Å². The molecular formula is C21H24N4OS. The summed E-state index contributed by atoms with van der Waals surface area (Å²) in [5.74, 6) is 1.03. The molecule has 6 heteroatoms. The molecule has 1 amide bonds. The van der Waals surface area contributed by atoms with E-state index in [0.29, 0.717) is 0 Å². The molecule has 0 fully saturated rings. The highest BCUT2D eigenvalue weighted by Crippen LogP contribution is 2.25. The van der Waals surface area contributed by atoms with E-state index in [1.54, 1.807) is 0 Å². The first-order valence-corrected chi connectivity index (χ1v) is 9.83. The monoisotopic (exact) mass is 380 g/mol. The Morgan fingerprint density at radius 3 is 2.37 bits per heavy atom. The zero-order valence-electron chi connectivity index (χ0n) is 16.3. The quantitative estimate of drug-likeness (QED) is 0.660. The van der Waals surface area contributed by atoms with Gasteiger partial charge in [-0.25, -0.2) is 0 Å². The third kappa shape index (κ3) is 4.39. The van der Waals surface area contributed by atoms with Gasteiger partial charge < -0.3 is 5.32 Å². The van der Waals surface area contributed by atoms with Gasteiger partial charge in [0, 0.05) is 5.69 Å². The zero-order valence-corrected chi connectivity index (χ0v) is 17.1. The van der Waals surface area contributed by atoms with E-state index in [4.69, 9.17) is 0 Å². The summed E-state index contributed by atoms with van der Waals surface area (Å²) < 4.78 is 2.01. The Bertz CT molecular complexity index is 994. The zero-order chi connectivity index (χ0) is 19.6. The fourth-order valence-corrected chi connectivity index (χ4v) is 3.65. The summed E-state index contributed by atoms with van der Waals surface area (Å²) in [6, 6.07) is 12.3. The fraction of sp³-hybridized carbons (Fsp3) is 0.286. The summed E-state index contributed by atoms with van der Waals surface area (Å²) in [7, 11) is 0. The summed E-state index contributed by atoms with van der Waals surface area (Å²) in [6.45, 7) is 10.1. The van der Waals surface area contributed by atoms with Gasteiger partial charge in [-0.15, -0.1) is 10.2 Å². The van der Waals surface area contributed by atoms with Gasteiger partial charge in [0.15, 0.2) is 5.16 Å². The number of thioether (sulfide) groups is 1. The lowest BCUT2D eigenvalue weighted by Crippen LogP contribution is -2.15. The van der Waals surface area contributed by atoms with E-state index < -0.39 is 0 Å². The van der Waals surface area contributed by atoms with E-state index in [0.717, 1.165) is 39.0 Å². The maximum Gasteiger partial charge on any atom is 0.234 e. The number of anilines is 1. The number of hydrogen-bond donors (Lipinski definition) is 1. The van der Waals surface area contributed by atoms with Crippen LogP contribution in [0, 0.1) is 34.6 Å². The van der Waals surface area contributed by atoms with Gasteiger partial charge >= 0.3 is 0 Å². The van der Waals surface area contributed by atoms with E-state index in [9.17, 15) is 4.79 Å². The van der Waals surface area contributed by atoms with Gasteiger partial charge in [0.2, 0.25) is 5.91 Å². The molecule has 0 aliphatic carbocycles. The van der Waals surface area contributed by atoms with Crippen LogP contribution in [0.2, 0.25) is 0 Å². The molecule has 0 bridgehead atoms. The van der Waals surface area contributed by atoms with Crippen molar-refractivity contribution < 1.29 is 4.79 Å². The number of benzene rings is 2. The molecule has 0 atom stereocenters. The summed E-state index contributed by atoms with van der Waals surface area (Å²) in [4.78, 5) is 12.4. The van der Waals surface area contributed by atoms with Gasteiger partial charge in [-0.3, -0.25) is 9.36 Å². The molecule has 5 nitrogen and oxygen atoms in total. The first kappa shape index (κ1) is 19.2. The predicted octanol–water partition coefficient (Wildman–Crippen LogP) is 4.54. The number of amides is 1. The molecule has 3 aromatic rings. The smallest absolute Gasteiger partial charge is 0.234 e.